The van der Waals surface area contributed by atoms with Gasteiger partial charge in [0.1, 0.15) is 0 Å². The van der Waals surface area contributed by atoms with Crippen LogP contribution in [0, 0.1) is 5.41 Å². The lowest BCUT2D eigenvalue weighted by Gasteiger charge is -2.14. The van der Waals surface area contributed by atoms with Crippen LogP contribution in [-0.2, 0) is 0 Å². The molecular formula is C8H14F3N. The van der Waals surface area contributed by atoms with E-state index in [4.69, 9.17) is 0 Å². The Morgan fingerprint density at radius 1 is 1.33 bits per heavy atom. The van der Waals surface area contributed by atoms with Gasteiger partial charge in [-0.05, 0) is 24.7 Å². The minimum absolute atomic E-state index is 0.200. The summed E-state index contributed by atoms with van der Waals surface area (Å²) in [5, 5.41) is 2.45. The van der Waals surface area contributed by atoms with Gasteiger partial charge >= 0.3 is 6.18 Å². The molecule has 0 unspecified atom stereocenters. The number of hydrogen-bond donors (Lipinski definition) is 1. The van der Waals surface area contributed by atoms with Crippen molar-refractivity contribution in [3.63, 3.8) is 0 Å². The zero-order valence-corrected chi connectivity index (χ0v) is 7.17. The van der Waals surface area contributed by atoms with Crippen molar-refractivity contribution >= 4 is 0 Å². The highest BCUT2D eigenvalue weighted by molar-refractivity contribution is 4.93. The minimum Gasteiger partial charge on any atom is -0.308 e. The Hall–Kier alpha value is -0.250. The molecule has 4 heteroatoms. The topological polar surface area (TPSA) is 12.0 Å². The molecule has 12 heavy (non-hydrogen) atoms. The summed E-state index contributed by atoms with van der Waals surface area (Å²) in [5.74, 6) is 0. The Bertz CT molecular complexity index is 149. The van der Waals surface area contributed by atoms with Crippen molar-refractivity contribution < 1.29 is 13.2 Å². The highest BCUT2D eigenvalue weighted by Gasteiger charge is 2.40. The quantitative estimate of drug-likeness (QED) is 0.701. The van der Waals surface area contributed by atoms with Crippen LogP contribution in [-0.4, -0.2) is 19.3 Å². The molecule has 0 saturated heterocycles. The van der Waals surface area contributed by atoms with Crippen LogP contribution < -0.4 is 5.32 Å². The molecule has 0 aromatic rings. The molecule has 0 spiro atoms. The first-order chi connectivity index (χ1) is 5.47. The standard InChI is InChI=1S/C8H14F3N/c1-2-7(3-4-7)5-12-6-8(9,10)11/h12H,2-6H2,1H3. The smallest absolute Gasteiger partial charge is 0.308 e. The van der Waals surface area contributed by atoms with Crippen LogP contribution in [0.5, 0.6) is 0 Å². The third-order valence-electron chi connectivity index (χ3n) is 2.53. The molecule has 0 bridgehead atoms. The van der Waals surface area contributed by atoms with Gasteiger partial charge in [0, 0.05) is 6.54 Å². The lowest BCUT2D eigenvalue weighted by molar-refractivity contribution is -0.125. The zero-order valence-electron chi connectivity index (χ0n) is 7.17. The Kier molecular flexibility index (Phi) is 2.66. The molecule has 1 aliphatic rings. The van der Waals surface area contributed by atoms with Crippen LogP contribution in [0.15, 0.2) is 0 Å². The summed E-state index contributed by atoms with van der Waals surface area (Å²) in [6, 6.07) is 0. The highest BCUT2D eigenvalue weighted by atomic mass is 19.4. The summed E-state index contributed by atoms with van der Waals surface area (Å²) in [7, 11) is 0. The summed E-state index contributed by atoms with van der Waals surface area (Å²) < 4.78 is 35.1. The molecule has 0 aromatic carbocycles. The lowest BCUT2D eigenvalue weighted by atomic mass is 10.0. The Morgan fingerprint density at radius 3 is 2.25 bits per heavy atom. The second-order valence-electron chi connectivity index (χ2n) is 3.57. The summed E-state index contributed by atoms with van der Waals surface area (Å²) in [6.07, 6.45) is -0.926. The molecule has 0 amide bonds. The van der Waals surface area contributed by atoms with Crippen molar-refractivity contribution in [1.82, 2.24) is 5.32 Å². The van der Waals surface area contributed by atoms with E-state index in [9.17, 15) is 13.2 Å². The van der Waals surface area contributed by atoms with Gasteiger partial charge in [0.2, 0.25) is 0 Å². The Balaban J connectivity index is 2.10. The SMILES string of the molecule is CCC1(CNCC(F)(F)F)CC1. The summed E-state index contributed by atoms with van der Waals surface area (Å²) >= 11 is 0. The number of halogens is 3. The number of alkyl halides is 3. The van der Waals surface area contributed by atoms with E-state index in [1.165, 1.54) is 0 Å². The fraction of sp³-hybridized carbons (Fsp3) is 1.00. The van der Waals surface area contributed by atoms with Gasteiger partial charge in [0.05, 0.1) is 6.54 Å². The van der Waals surface area contributed by atoms with Gasteiger partial charge in [-0.25, -0.2) is 0 Å². The number of nitrogens with one attached hydrogen (secondary N) is 1. The van der Waals surface area contributed by atoms with Gasteiger partial charge in [-0.1, -0.05) is 6.92 Å². The molecule has 0 aliphatic heterocycles. The summed E-state index contributed by atoms with van der Waals surface area (Å²) in [5.41, 5.74) is 0.200. The Morgan fingerprint density at radius 2 is 1.92 bits per heavy atom. The first kappa shape index (κ1) is 9.84. The molecule has 72 valence electrons. The molecular weight excluding hydrogens is 167 g/mol. The summed E-state index contributed by atoms with van der Waals surface area (Å²) in [6.45, 7) is 1.69. The van der Waals surface area contributed by atoms with E-state index in [0.29, 0.717) is 6.54 Å². The van der Waals surface area contributed by atoms with Gasteiger partial charge in [-0.3, -0.25) is 0 Å². The van der Waals surface area contributed by atoms with Crippen LogP contribution in [0.25, 0.3) is 0 Å². The van der Waals surface area contributed by atoms with Crippen LogP contribution in [0.2, 0.25) is 0 Å². The number of hydrogen-bond acceptors (Lipinski definition) is 1. The monoisotopic (exact) mass is 181 g/mol. The van der Waals surface area contributed by atoms with Crippen LogP contribution >= 0.6 is 0 Å². The van der Waals surface area contributed by atoms with Crippen molar-refractivity contribution in [3.8, 4) is 0 Å². The van der Waals surface area contributed by atoms with Gasteiger partial charge in [0.25, 0.3) is 0 Å². The molecule has 1 aliphatic carbocycles. The van der Waals surface area contributed by atoms with Gasteiger partial charge in [0.15, 0.2) is 0 Å². The van der Waals surface area contributed by atoms with Crippen LogP contribution in [0.1, 0.15) is 26.2 Å². The maximum absolute atomic E-state index is 11.7. The molecule has 1 rings (SSSR count). The molecule has 0 atom stereocenters. The first-order valence-corrected chi connectivity index (χ1v) is 4.25. The van der Waals surface area contributed by atoms with Crippen molar-refractivity contribution in [2.75, 3.05) is 13.1 Å². The molecule has 1 N–H and O–H groups in total. The minimum atomic E-state index is -4.07. The molecule has 1 saturated carbocycles. The fourth-order valence-electron chi connectivity index (χ4n) is 1.30. The predicted octanol–water partition coefficient (Wildman–Crippen LogP) is 2.33. The predicted molar refractivity (Wildman–Crippen MR) is 40.9 cm³/mol. The Labute approximate surface area is 70.3 Å². The molecule has 0 heterocycles. The first-order valence-electron chi connectivity index (χ1n) is 4.25. The third kappa shape index (κ3) is 3.01. The average molecular weight is 181 g/mol. The van der Waals surface area contributed by atoms with Crippen LogP contribution in [0.3, 0.4) is 0 Å². The van der Waals surface area contributed by atoms with E-state index in [1.54, 1.807) is 0 Å². The maximum atomic E-state index is 11.7. The van der Waals surface area contributed by atoms with Gasteiger partial charge < -0.3 is 5.32 Å². The number of rotatable bonds is 4. The van der Waals surface area contributed by atoms with Gasteiger partial charge in [-0.2, -0.15) is 13.2 Å². The van der Waals surface area contributed by atoms with Crippen LogP contribution in [0.4, 0.5) is 13.2 Å². The second kappa shape index (κ2) is 3.24. The normalized spacial score (nSPS) is 21.0. The van der Waals surface area contributed by atoms with Crippen molar-refractivity contribution in [2.45, 2.75) is 32.4 Å². The largest absolute Gasteiger partial charge is 0.401 e. The van der Waals surface area contributed by atoms with Crippen molar-refractivity contribution in [3.05, 3.63) is 0 Å². The van der Waals surface area contributed by atoms with Gasteiger partial charge in [-0.15, -0.1) is 0 Å². The van der Waals surface area contributed by atoms with E-state index in [2.05, 4.69) is 5.32 Å². The molecule has 1 fully saturated rings. The van der Waals surface area contributed by atoms with E-state index < -0.39 is 12.7 Å². The van der Waals surface area contributed by atoms with E-state index >= 15 is 0 Å². The highest BCUT2D eigenvalue weighted by Crippen LogP contribution is 2.47. The fourth-order valence-corrected chi connectivity index (χ4v) is 1.30. The maximum Gasteiger partial charge on any atom is 0.401 e. The lowest BCUT2D eigenvalue weighted by Crippen LogP contribution is -2.33. The third-order valence-corrected chi connectivity index (χ3v) is 2.53. The molecule has 0 radical (unpaired) electrons. The van der Waals surface area contributed by atoms with E-state index in [-0.39, 0.29) is 5.41 Å². The van der Waals surface area contributed by atoms with E-state index in [1.807, 2.05) is 6.92 Å². The molecule has 0 aromatic heterocycles. The van der Waals surface area contributed by atoms with Crippen molar-refractivity contribution in [2.24, 2.45) is 5.41 Å². The zero-order chi connectivity index (χ0) is 9.24. The molecule has 1 nitrogen and oxygen atoms in total. The van der Waals surface area contributed by atoms with E-state index in [0.717, 1.165) is 19.3 Å². The van der Waals surface area contributed by atoms with Crippen molar-refractivity contribution in [1.29, 1.82) is 0 Å². The second-order valence-corrected chi connectivity index (χ2v) is 3.57. The average Bonchev–Trinajstić information content (AvgIpc) is 2.67. The summed E-state index contributed by atoms with van der Waals surface area (Å²) in [4.78, 5) is 0.